The van der Waals surface area contributed by atoms with Gasteiger partial charge in [0.15, 0.2) is 0 Å². The molecule has 0 spiro atoms. The van der Waals surface area contributed by atoms with Gasteiger partial charge < -0.3 is 19.7 Å². The zero-order valence-corrected chi connectivity index (χ0v) is 32.4. The van der Waals surface area contributed by atoms with E-state index in [1.54, 1.807) is 30.3 Å². The number of carbonyl (C=O) groups excluding carboxylic acids is 2. The Morgan fingerprint density at radius 1 is 1.02 bits per heavy atom. The van der Waals surface area contributed by atoms with Crippen LogP contribution in [-0.2, 0) is 25.7 Å². The van der Waals surface area contributed by atoms with Crippen LogP contribution >= 0.6 is 0 Å². The zero-order valence-electron chi connectivity index (χ0n) is 31.5. The lowest BCUT2D eigenvalue weighted by Gasteiger charge is -2.55. The molecule has 4 saturated carbocycles. The number of nitrogens with zero attached hydrogens (tertiary/aromatic N) is 3. The van der Waals surface area contributed by atoms with E-state index in [0.29, 0.717) is 42.0 Å². The molecule has 3 aromatic rings. The van der Waals surface area contributed by atoms with Crippen molar-refractivity contribution in [2.24, 2.45) is 11.3 Å². The van der Waals surface area contributed by atoms with E-state index in [1.807, 2.05) is 17.9 Å². The van der Waals surface area contributed by atoms with Crippen LogP contribution in [0.25, 0.3) is 11.1 Å². The minimum absolute atomic E-state index is 0.00918. The van der Waals surface area contributed by atoms with Crippen LogP contribution in [0.3, 0.4) is 0 Å². The van der Waals surface area contributed by atoms with Crippen LogP contribution in [0.2, 0.25) is 0 Å². The van der Waals surface area contributed by atoms with Gasteiger partial charge in [0.25, 0.3) is 0 Å². The fourth-order valence-corrected chi connectivity index (χ4v) is 10.7. The molecule has 4 aliphatic carbocycles. The van der Waals surface area contributed by atoms with Crippen LogP contribution < -0.4 is 15.0 Å². The molecule has 2 bridgehead atoms. The molecule has 0 radical (unpaired) electrons. The van der Waals surface area contributed by atoms with E-state index < -0.39 is 16.9 Å². The van der Waals surface area contributed by atoms with E-state index in [-0.39, 0.29) is 47.2 Å². The number of amides is 2. The number of hydrogen-bond donors (Lipinski definition) is 1. The lowest BCUT2D eigenvalue weighted by molar-refractivity contribution is -0.124. The first-order valence-electron chi connectivity index (χ1n) is 19.7. The molecule has 11 heteroatoms. The molecular formula is C42H55FN4O5S. The summed E-state index contributed by atoms with van der Waals surface area (Å²) < 4.78 is 40.0. The van der Waals surface area contributed by atoms with Gasteiger partial charge in [-0.05, 0) is 124 Å². The molecule has 2 aromatic carbocycles. The van der Waals surface area contributed by atoms with E-state index in [1.165, 1.54) is 23.6 Å². The van der Waals surface area contributed by atoms with Crippen LogP contribution in [0.5, 0.6) is 5.75 Å². The number of fused-ring (bicyclic) bond motifs is 3. The highest BCUT2D eigenvalue weighted by atomic mass is 32.2. The van der Waals surface area contributed by atoms with Crippen molar-refractivity contribution >= 4 is 28.5 Å². The average Bonchev–Trinajstić information content (AvgIpc) is 3.68. The molecule has 9 nitrogen and oxygen atoms in total. The van der Waals surface area contributed by atoms with Crippen LogP contribution in [-0.4, -0.2) is 63.8 Å². The predicted octanol–water partition coefficient (Wildman–Crippen LogP) is 8.41. The van der Waals surface area contributed by atoms with Gasteiger partial charge in [0.2, 0.25) is 5.91 Å². The number of nitrogens with one attached hydrogen (secondary N) is 1. The number of halogens is 1. The minimum Gasteiger partial charge on any atom is -0.496 e. The number of rotatable bonds is 11. The second kappa shape index (κ2) is 15.9. The Morgan fingerprint density at radius 2 is 1.74 bits per heavy atom. The monoisotopic (exact) mass is 746 g/mol. The molecule has 53 heavy (non-hydrogen) atoms. The fraction of sp³-hybridized carbons (Fsp3) is 0.595. The summed E-state index contributed by atoms with van der Waals surface area (Å²) in [5.41, 5.74) is 4.53. The van der Waals surface area contributed by atoms with Gasteiger partial charge in [-0.25, -0.2) is 9.18 Å². The molecule has 1 aliphatic heterocycles. The van der Waals surface area contributed by atoms with Gasteiger partial charge in [-0.2, -0.15) is 5.10 Å². The summed E-state index contributed by atoms with van der Waals surface area (Å²) in [6.07, 6.45) is 15.9. The van der Waals surface area contributed by atoms with Crippen LogP contribution in [0.1, 0.15) is 108 Å². The lowest BCUT2D eigenvalue weighted by atomic mass is 9.51. The molecule has 5 fully saturated rings. The molecular weight excluding hydrogens is 692 g/mol. The highest BCUT2D eigenvalue weighted by molar-refractivity contribution is 7.85. The van der Waals surface area contributed by atoms with Crippen molar-refractivity contribution in [2.75, 3.05) is 36.7 Å². The van der Waals surface area contributed by atoms with Gasteiger partial charge in [0.05, 0.1) is 19.3 Å². The van der Waals surface area contributed by atoms with Gasteiger partial charge in [0, 0.05) is 63.8 Å². The van der Waals surface area contributed by atoms with Crippen molar-refractivity contribution < 1.29 is 27.7 Å². The van der Waals surface area contributed by atoms with Crippen LogP contribution in [0.4, 0.5) is 14.9 Å². The van der Waals surface area contributed by atoms with E-state index in [2.05, 4.69) is 35.5 Å². The standard InChI is InChI=1S/C42H55FN4O5S/c1-29-23-33(9-12-38(29)51-3)42-18-15-41(16-19-42,17-20-42)28-46(39(48)31-7-5-4-6-8-31)35-10-11-37(43)36(24-35)32-25-44-47(26-32)30(2)27-52-40(49)45-34-13-21-53(50)22-14-34/h9-12,23-26,30-31,34H,4-8,13-22,27-28H2,1-3H3,(H,45,49). The summed E-state index contributed by atoms with van der Waals surface area (Å²) in [6.45, 7) is 4.76. The Hall–Kier alpha value is -3.73. The van der Waals surface area contributed by atoms with Crippen LogP contribution in [0, 0.1) is 24.1 Å². The van der Waals surface area contributed by atoms with Crippen molar-refractivity contribution in [1.29, 1.82) is 0 Å². The summed E-state index contributed by atoms with van der Waals surface area (Å²) in [5, 5.41) is 7.38. The largest absolute Gasteiger partial charge is 0.496 e. The first kappa shape index (κ1) is 37.6. The Balaban J connectivity index is 1.07. The number of aryl methyl sites for hydroxylation is 1. The van der Waals surface area contributed by atoms with Crippen molar-refractivity contribution in [3.8, 4) is 16.9 Å². The minimum atomic E-state index is -0.800. The second-order valence-electron chi connectivity index (χ2n) is 16.3. The highest BCUT2D eigenvalue weighted by Gasteiger charge is 2.50. The first-order chi connectivity index (χ1) is 25.6. The quantitative estimate of drug-likeness (QED) is 0.212. The summed E-state index contributed by atoms with van der Waals surface area (Å²) in [5.74, 6) is 1.90. The van der Waals surface area contributed by atoms with Gasteiger partial charge in [-0.3, -0.25) is 13.7 Å². The number of hydrogen-bond acceptors (Lipinski definition) is 6. The number of alkyl carbamates (subject to hydrolysis) is 1. The molecule has 1 N–H and O–H groups in total. The molecule has 2 heterocycles. The molecule has 1 saturated heterocycles. The maximum absolute atomic E-state index is 15.6. The summed E-state index contributed by atoms with van der Waals surface area (Å²) in [6, 6.07) is 11.4. The number of anilines is 1. The molecule has 1 unspecified atom stereocenters. The van der Waals surface area contributed by atoms with E-state index in [4.69, 9.17) is 9.47 Å². The van der Waals surface area contributed by atoms with Crippen molar-refractivity contribution in [3.63, 3.8) is 0 Å². The third kappa shape index (κ3) is 8.20. The molecule has 8 rings (SSSR count). The molecule has 1 atom stereocenters. The Morgan fingerprint density at radius 3 is 2.42 bits per heavy atom. The van der Waals surface area contributed by atoms with Crippen molar-refractivity contribution in [3.05, 3.63) is 65.7 Å². The average molecular weight is 747 g/mol. The number of methoxy groups -OCH3 is 1. The number of aromatic nitrogens is 2. The maximum Gasteiger partial charge on any atom is 0.407 e. The van der Waals surface area contributed by atoms with E-state index in [9.17, 15) is 13.8 Å². The lowest BCUT2D eigenvalue weighted by Crippen LogP contribution is -2.51. The molecule has 2 amide bonds. The van der Waals surface area contributed by atoms with E-state index >= 15 is 4.39 Å². The smallest absolute Gasteiger partial charge is 0.407 e. The maximum atomic E-state index is 15.6. The summed E-state index contributed by atoms with van der Waals surface area (Å²) in [4.78, 5) is 28.9. The molecule has 5 aliphatic rings. The van der Waals surface area contributed by atoms with E-state index in [0.717, 1.165) is 75.6 Å². The van der Waals surface area contributed by atoms with Gasteiger partial charge in [0.1, 0.15) is 18.2 Å². The fourth-order valence-electron chi connectivity index (χ4n) is 9.38. The molecule has 1 aromatic heterocycles. The number of carbonyl (C=O) groups is 2. The zero-order chi connectivity index (χ0) is 37.2. The Labute approximate surface area is 315 Å². The second-order valence-corrected chi connectivity index (χ2v) is 18.0. The Bertz CT molecular complexity index is 1790. The summed E-state index contributed by atoms with van der Waals surface area (Å²) in [7, 11) is 0.922. The highest BCUT2D eigenvalue weighted by Crippen LogP contribution is 2.58. The third-order valence-electron chi connectivity index (χ3n) is 12.9. The predicted molar refractivity (Wildman–Crippen MR) is 206 cm³/mol. The SMILES string of the molecule is COc1ccc(C23CCC(CN(C(=O)C4CCCCC4)c4ccc(F)c(-c5cnn(C(C)COC(=O)NC6CCS(=O)CC6)c5)c4)(CC2)CC3)cc1C. The van der Waals surface area contributed by atoms with Gasteiger partial charge in [-0.15, -0.1) is 0 Å². The Kier molecular flexibility index (Phi) is 11.3. The third-order valence-corrected chi connectivity index (χ3v) is 14.3. The number of benzene rings is 2. The first-order valence-corrected chi connectivity index (χ1v) is 21.1. The van der Waals surface area contributed by atoms with Crippen molar-refractivity contribution in [2.45, 2.75) is 115 Å². The van der Waals surface area contributed by atoms with Crippen molar-refractivity contribution in [1.82, 2.24) is 15.1 Å². The number of ether oxygens (including phenoxy) is 2. The van der Waals surface area contributed by atoms with Crippen LogP contribution in [0.15, 0.2) is 48.8 Å². The summed E-state index contributed by atoms with van der Waals surface area (Å²) >= 11 is 0. The topological polar surface area (TPSA) is 103 Å². The molecule has 286 valence electrons. The van der Waals surface area contributed by atoms with Gasteiger partial charge in [-0.1, -0.05) is 31.4 Å². The normalized spacial score (nSPS) is 26.5. The van der Waals surface area contributed by atoms with Gasteiger partial charge >= 0.3 is 6.09 Å².